The fourth-order valence-electron chi connectivity index (χ4n) is 5.71. The molecule has 39 heavy (non-hydrogen) atoms. The highest BCUT2D eigenvalue weighted by Gasteiger charge is 2.25. The molecule has 3 aromatic heterocycles. The number of carbonyl (C=O) groups is 1. The average molecular weight is 566 g/mol. The molecule has 1 fully saturated rings. The fraction of sp³-hybridized carbons (Fsp3) is 0.300. The Morgan fingerprint density at radius 1 is 0.974 bits per heavy atom. The molecule has 0 unspecified atom stereocenters. The van der Waals surface area contributed by atoms with Crippen LogP contribution >= 0.6 is 24.8 Å². The van der Waals surface area contributed by atoms with E-state index < -0.39 is 0 Å². The maximum Gasteiger partial charge on any atom is 0.271 e. The molecular formula is C30H34Cl2N6O. The summed E-state index contributed by atoms with van der Waals surface area (Å²) in [6, 6.07) is 21.8. The molecule has 1 atom stereocenters. The fourth-order valence-corrected chi connectivity index (χ4v) is 5.71. The van der Waals surface area contributed by atoms with Crippen LogP contribution in [-0.4, -0.2) is 64.4 Å². The first kappa shape index (κ1) is 28.6. The van der Waals surface area contributed by atoms with Gasteiger partial charge in [-0.2, -0.15) is 0 Å². The highest BCUT2D eigenvalue weighted by Crippen LogP contribution is 2.29. The van der Waals surface area contributed by atoms with E-state index in [2.05, 4.69) is 81.6 Å². The van der Waals surface area contributed by atoms with Gasteiger partial charge in [-0.3, -0.25) is 19.1 Å². The number of anilines is 1. The number of nitrogens with zero attached hydrogens (tertiary/aromatic N) is 5. The van der Waals surface area contributed by atoms with Gasteiger partial charge in [-0.25, -0.2) is 4.98 Å². The molecule has 2 aromatic carbocycles. The van der Waals surface area contributed by atoms with E-state index in [4.69, 9.17) is 4.98 Å². The molecule has 6 rings (SSSR count). The first-order chi connectivity index (χ1) is 18.0. The summed E-state index contributed by atoms with van der Waals surface area (Å²) in [7, 11) is 1.63. The van der Waals surface area contributed by atoms with Crippen molar-refractivity contribution in [3.63, 3.8) is 0 Å². The van der Waals surface area contributed by atoms with E-state index in [1.165, 1.54) is 22.0 Å². The van der Waals surface area contributed by atoms with Crippen molar-refractivity contribution in [3.8, 4) is 0 Å². The highest BCUT2D eigenvalue weighted by atomic mass is 35.5. The largest absolute Gasteiger partial charge is 0.368 e. The van der Waals surface area contributed by atoms with E-state index in [1.54, 1.807) is 13.4 Å². The number of pyridine rings is 2. The van der Waals surface area contributed by atoms with Crippen LogP contribution in [0.2, 0.25) is 0 Å². The van der Waals surface area contributed by atoms with E-state index in [0.717, 1.165) is 54.8 Å². The first-order valence-electron chi connectivity index (χ1n) is 13.0. The Balaban J connectivity index is 0.00000176. The Morgan fingerprint density at radius 2 is 1.77 bits per heavy atom. The molecule has 9 heteroatoms. The van der Waals surface area contributed by atoms with Gasteiger partial charge in [0.15, 0.2) is 5.69 Å². The Kier molecular flexibility index (Phi) is 8.64. The number of amides is 1. The SMILES string of the molecule is CNC(=O)c1ncn2c1ccc1c(CCN3CCN(c4cccc5nc(C)ccc45)C[C@H]3C)cccc12.Cl.Cl. The molecule has 5 aromatic rings. The second-order valence-corrected chi connectivity index (χ2v) is 9.99. The van der Waals surface area contributed by atoms with E-state index >= 15 is 0 Å². The minimum absolute atomic E-state index is 0. The molecule has 0 spiro atoms. The second-order valence-electron chi connectivity index (χ2n) is 9.99. The highest BCUT2D eigenvalue weighted by molar-refractivity contribution is 6.00. The first-order valence-corrected chi connectivity index (χ1v) is 13.0. The minimum Gasteiger partial charge on any atom is -0.368 e. The standard InChI is InChI=1S/C30H32N6O.2ClH/c1-20-10-11-24-25(33-20)7-5-8-26(24)35-17-16-34(21(2)18-35)15-14-22-6-4-9-27-23(22)12-13-28-29(30(37)31-3)32-19-36(27)28;;/h4-13,19,21H,14-18H2,1-3H3,(H,31,37);2*1H/t21-;;/m1../s1. The van der Waals surface area contributed by atoms with Crippen molar-refractivity contribution in [2.75, 3.05) is 38.1 Å². The van der Waals surface area contributed by atoms with Gasteiger partial charge in [0.2, 0.25) is 0 Å². The summed E-state index contributed by atoms with van der Waals surface area (Å²) in [4.78, 5) is 26.4. The number of nitrogens with one attached hydrogen (secondary N) is 1. The van der Waals surface area contributed by atoms with Crippen LogP contribution in [-0.2, 0) is 6.42 Å². The third kappa shape index (κ3) is 5.26. The van der Waals surface area contributed by atoms with Crippen molar-refractivity contribution in [3.05, 3.63) is 83.9 Å². The van der Waals surface area contributed by atoms with Gasteiger partial charge in [-0.05, 0) is 62.2 Å². The summed E-state index contributed by atoms with van der Waals surface area (Å²) in [6.45, 7) is 8.42. The van der Waals surface area contributed by atoms with Crippen molar-refractivity contribution in [1.82, 2.24) is 24.6 Å². The zero-order valence-corrected chi connectivity index (χ0v) is 24.1. The van der Waals surface area contributed by atoms with E-state index in [0.29, 0.717) is 11.7 Å². The predicted octanol–water partition coefficient (Wildman–Crippen LogP) is 5.30. The van der Waals surface area contributed by atoms with Crippen molar-refractivity contribution in [1.29, 1.82) is 0 Å². The van der Waals surface area contributed by atoms with Crippen LogP contribution in [0.25, 0.3) is 27.3 Å². The summed E-state index contributed by atoms with van der Waals surface area (Å²) in [5.74, 6) is -0.166. The molecule has 1 saturated heterocycles. The number of imidazole rings is 1. The molecule has 0 aliphatic carbocycles. The summed E-state index contributed by atoms with van der Waals surface area (Å²) in [6.07, 6.45) is 2.72. The lowest BCUT2D eigenvalue weighted by Crippen LogP contribution is -2.52. The topological polar surface area (TPSA) is 65.8 Å². The summed E-state index contributed by atoms with van der Waals surface area (Å²) >= 11 is 0. The van der Waals surface area contributed by atoms with Crippen molar-refractivity contribution in [2.45, 2.75) is 26.3 Å². The smallest absolute Gasteiger partial charge is 0.271 e. The molecule has 204 valence electrons. The van der Waals surface area contributed by atoms with Crippen LogP contribution in [0.4, 0.5) is 5.69 Å². The Labute approximate surface area is 241 Å². The minimum atomic E-state index is -0.166. The van der Waals surface area contributed by atoms with Crippen molar-refractivity contribution < 1.29 is 4.79 Å². The number of fused-ring (bicyclic) bond motifs is 4. The van der Waals surface area contributed by atoms with E-state index in [9.17, 15) is 4.79 Å². The van der Waals surface area contributed by atoms with Gasteiger partial charge in [0.1, 0.15) is 6.33 Å². The van der Waals surface area contributed by atoms with Crippen LogP contribution in [0.1, 0.15) is 28.7 Å². The normalized spacial score (nSPS) is 15.8. The molecule has 1 aliphatic rings. The van der Waals surface area contributed by atoms with Crippen LogP contribution in [0.15, 0.2) is 67.0 Å². The zero-order chi connectivity index (χ0) is 25.5. The van der Waals surface area contributed by atoms with Gasteiger partial charge >= 0.3 is 0 Å². The van der Waals surface area contributed by atoms with Gasteiger partial charge in [0.25, 0.3) is 5.91 Å². The summed E-state index contributed by atoms with van der Waals surface area (Å²) in [5, 5.41) is 5.12. The maximum atomic E-state index is 12.2. The number of halogens is 2. The number of hydrogen-bond donors (Lipinski definition) is 1. The number of hydrogen-bond acceptors (Lipinski definition) is 5. The zero-order valence-electron chi connectivity index (χ0n) is 22.4. The maximum absolute atomic E-state index is 12.2. The van der Waals surface area contributed by atoms with Crippen LogP contribution in [0, 0.1) is 6.92 Å². The third-order valence-corrected chi connectivity index (χ3v) is 7.71. The Morgan fingerprint density at radius 3 is 2.56 bits per heavy atom. The number of carbonyl (C=O) groups excluding carboxylic acids is 1. The number of rotatable bonds is 5. The molecule has 0 radical (unpaired) electrons. The number of aryl methyl sites for hydroxylation is 1. The van der Waals surface area contributed by atoms with Crippen molar-refractivity contribution in [2.24, 2.45) is 0 Å². The summed E-state index contributed by atoms with van der Waals surface area (Å²) < 4.78 is 2.02. The van der Waals surface area contributed by atoms with Crippen molar-refractivity contribution >= 4 is 63.7 Å². The van der Waals surface area contributed by atoms with Gasteiger partial charge < -0.3 is 10.2 Å². The number of aromatic nitrogens is 3. The number of piperazine rings is 1. The quantitative estimate of drug-likeness (QED) is 0.313. The number of benzene rings is 2. The lowest BCUT2D eigenvalue weighted by atomic mass is 10.0. The molecule has 0 saturated carbocycles. The Hall–Kier alpha value is -3.39. The average Bonchev–Trinajstić information content (AvgIpc) is 3.36. The van der Waals surface area contributed by atoms with Gasteiger partial charge in [0.05, 0.1) is 16.6 Å². The molecular weight excluding hydrogens is 531 g/mol. The lowest BCUT2D eigenvalue weighted by molar-refractivity contribution is 0.0960. The Bertz CT molecular complexity index is 1630. The van der Waals surface area contributed by atoms with Crippen LogP contribution in [0.3, 0.4) is 0 Å². The van der Waals surface area contributed by atoms with E-state index in [-0.39, 0.29) is 30.7 Å². The van der Waals surface area contributed by atoms with Gasteiger partial charge in [0, 0.05) is 61.4 Å². The summed E-state index contributed by atoms with van der Waals surface area (Å²) in [5.41, 5.74) is 7.09. The molecule has 4 heterocycles. The second kappa shape index (κ2) is 11.8. The molecule has 7 nitrogen and oxygen atoms in total. The predicted molar refractivity (Wildman–Crippen MR) is 164 cm³/mol. The third-order valence-electron chi connectivity index (χ3n) is 7.71. The van der Waals surface area contributed by atoms with Crippen LogP contribution < -0.4 is 10.2 Å². The van der Waals surface area contributed by atoms with E-state index in [1.807, 2.05) is 17.4 Å². The monoisotopic (exact) mass is 564 g/mol. The lowest BCUT2D eigenvalue weighted by Gasteiger charge is -2.41. The molecule has 1 N–H and O–H groups in total. The molecule has 1 amide bonds. The molecule has 0 bridgehead atoms. The van der Waals surface area contributed by atoms with Crippen LogP contribution in [0.5, 0.6) is 0 Å². The van der Waals surface area contributed by atoms with Gasteiger partial charge in [-0.15, -0.1) is 24.8 Å². The van der Waals surface area contributed by atoms with Gasteiger partial charge in [-0.1, -0.05) is 24.3 Å². The molecule has 1 aliphatic heterocycles.